The predicted octanol–water partition coefficient (Wildman–Crippen LogP) is 2.22. The highest BCUT2D eigenvalue weighted by atomic mass is 19.4. The Labute approximate surface area is 107 Å². The topological polar surface area (TPSA) is 69.6 Å². The highest BCUT2D eigenvalue weighted by Crippen LogP contribution is 2.27. The molecule has 0 spiro atoms. The molecule has 2 aromatic rings. The van der Waals surface area contributed by atoms with Crippen LogP contribution in [0.15, 0.2) is 18.3 Å². The number of rotatable bonds is 3. The summed E-state index contributed by atoms with van der Waals surface area (Å²) in [5, 5.41) is 3.44. The SMILES string of the molecule is CCCc1nc(N)cc(-n2ccc(C(F)(F)F)n2)n1. The third-order valence-electron chi connectivity index (χ3n) is 2.37. The van der Waals surface area contributed by atoms with Crippen molar-refractivity contribution in [2.75, 3.05) is 5.73 Å². The van der Waals surface area contributed by atoms with Crippen molar-refractivity contribution in [2.45, 2.75) is 25.9 Å². The van der Waals surface area contributed by atoms with E-state index in [1.807, 2.05) is 6.92 Å². The molecule has 0 unspecified atom stereocenters. The first-order valence-electron chi connectivity index (χ1n) is 5.67. The lowest BCUT2D eigenvalue weighted by Crippen LogP contribution is -2.09. The van der Waals surface area contributed by atoms with Gasteiger partial charge in [-0.15, -0.1) is 0 Å². The molecule has 2 N–H and O–H groups in total. The number of hydrogen-bond acceptors (Lipinski definition) is 4. The molecular formula is C11H12F3N5. The highest BCUT2D eigenvalue weighted by molar-refractivity contribution is 5.37. The van der Waals surface area contributed by atoms with Gasteiger partial charge in [-0.2, -0.15) is 18.3 Å². The van der Waals surface area contributed by atoms with Crippen molar-refractivity contribution in [2.24, 2.45) is 0 Å². The van der Waals surface area contributed by atoms with Crippen LogP contribution in [0.4, 0.5) is 19.0 Å². The molecule has 0 atom stereocenters. The van der Waals surface area contributed by atoms with Gasteiger partial charge in [0.2, 0.25) is 0 Å². The van der Waals surface area contributed by atoms with Crippen LogP contribution in [-0.2, 0) is 12.6 Å². The molecule has 0 radical (unpaired) electrons. The summed E-state index contributed by atoms with van der Waals surface area (Å²) in [6.45, 7) is 1.95. The molecule has 0 aliphatic heterocycles. The van der Waals surface area contributed by atoms with Crippen molar-refractivity contribution >= 4 is 5.82 Å². The van der Waals surface area contributed by atoms with E-state index < -0.39 is 11.9 Å². The molecule has 0 aliphatic rings. The minimum Gasteiger partial charge on any atom is -0.384 e. The maximum absolute atomic E-state index is 12.5. The van der Waals surface area contributed by atoms with Crippen LogP contribution in [0.5, 0.6) is 0 Å². The van der Waals surface area contributed by atoms with Gasteiger partial charge < -0.3 is 5.73 Å². The van der Waals surface area contributed by atoms with Crippen LogP contribution in [0.25, 0.3) is 5.82 Å². The van der Waals surface area contributed by atoms with E-state index in [-0.39, 0.29) is 11.6 Å². The fraction of sp³-hybridized carbons (Fsp3) is 0.364. The van der Waals surface area contributed by atoms with Gasteiger partial charge in [0.05, 0.1) is 0 Å². The summed E-state index contributed by atoms with van der Waals surface area (Å²) in [5.41, 5.74) is 4.63. The van der Waals surface area contributed by atoms with Gasteiger partial charge >= 0.3 is 6.18 Å². The van der Waals surface area contributed by atoms with Gasteiger partial charge in [-0.25, -0.2) is 14.6 Å². The van der Waals surface area contributed by atoms with Gasteiger partial charge in [0.25, 0.3) is 0 Å². The number of anilines is 1. The maximum atomic E-state index is 12.5. The van der Waals surface area contributed by atoms with Crippen LogP contribution >= 0.6 is 0 Å². The minimum atomic E-state index is -4.48. The van der Waals surface area contributed by atoms with Crippen molar-refractivity contribution < 1.29 is 13.2 Å². The number of halogens is 3. The zero-order chi connectivity index (χ0) is 14.0. The lowest BCUT2D eigenvalue weighted by molar-refractivity contribution is -0.141. The maximum Gasteiger partial charge on any atom is 0.435 e. The molecule has 0 aliphatic carbocycles. The number of aromatic nitrogens is 4. The molecule has 2 heterocycles. The summed E-state index contributed by atoms with van der Waals surface area (Å²) >= 11 is 0. The van der Waals surface area contributed by atoms with E-state index in [1.165, 1.54) is 12.3 Å². The molecule has 0 bridgehead atoms. The van der Waals surface area contributed by atoms with Gasteiger partial charge in [0.15, 0.2) is 11.5 Å². The van der Waals surface area contributed by atoms with Gasteiger partial charge in [0.1, 0.15) is 11.6 Å². The van der Waals surface area contributed by atoms with Crippen LogP contribution in [-0.4, -0.2) is 19.7 Å². The van der Waals surface area contributed by atoms with Gasteiger partial charge in [-0.05, 0) is 12.5 Å². The van der Waals surface area contributed by atoms with E-state index in [1.54, 1.807) is 0 Å². The standard InChI is InChI=1S/C11H12F3N5/c1-2-3-9-16-8(15)6-10(17-9)19-5-4-7(18-19)11(12,13)14/h4-6H,2-3H2,1H3,(H2,15,16,17). The van der Waals surface area contributed by atoms with E-state index >= 15 is 0 Å². The van der Waals surface area contributed by atoms with Crippen LogP contribution in [0.1, 0.15) is 24.9 Å². The number of aryl methyl sites for hydroxylation is 1. The monoisotopic (exact) mass is 271 g/mol. The molecule has 19 heavy (non-hydrogen) atoms. The smallest absolute Gasteiger partial charge is 0.384 e. The lowest BCUT2D eigenvalue weighted by atomic mass is 10.3. The van der Waals surface area contributed by atoms with Crippen molar-refractivity contribution in [3.63, 3.8) is 0 Å². The van der Waals surface area contributed by atoms with Crippen molar-refractivity contribution in [3.8, 4) is 5.82 Å². The van der Waals surface area contributed by atoms with Crippen LogP contribution in [0, 0.1) is 0 Å². The van der Waals surface area contributed by atoms with E-state index in [9.17, 15) is 13.2 Å². The highest BCUT2D eigenvalue weighted by Gasteiger charge is 2.33. The minimum absolute atomic E-state index is 0.206. The molecule has 0 saturated carbocycles. The normalized spacial score (nSPS) is 11.8. The second kappa shape index (κ2) is 4.87. The van der Waals surface area contributed by atoms with Crippen molar-refractivity contribution in [1.82, 2.24) is 19.7 Å². The van der Waals surface area contributed by atoms with E-state index in [0.29, 0.717) is 12.2 Å². The van der Waals surface area contributed by atoms with Crippen LogP contribution in [0.2, 0.25) is 0 Å². The number of nitrogen functional groups attached to an aromatic ring is 1. The number of hydrogen-bond donors (Lipinski definition) is 1. The molecule has 2 aromatic heterocycles. The Morgan fingerprint density at radius 3 is 2.63 bits per heavy atom. The summed E-state index contributed by atoms with van der Waals surface area (Å²) in [6.07, 6.45) is -1.86. The zero-order valence-corrected chi connectivity index (χ0v) is 10.1. The average Bonchev–Trinajstić information content (AvgIpc) is 2.77. The van der Waals surface area contributed by atoms with Gasteiger partial charge in [-0.1, -0.05) is 6.92 Å². The average molecular weight is 271 g/mol. The quantitative estimate of drug-likeness (QED) is 0.929. The van der Waals surface area contributed by atoms with E-state index in [0.717, 1.165) is 17.2 Å². The molecule has 8 heteroatoms. The van der Waals surface area contributed by atoms with E-state index in [4.69, 9.17) is 5.73 Å². The molecule has 102 valence electrons. The molecule has 2 rings (SSSR count). The summed E-state index contributed by atoms with van der Waals surface area (Å²) < 4.78 is 38.4. The Hall–Kier alpha value is -2.12. The third-order valence-corrected chi connectivity index (χ3v) is 2.37. The molecular weight excluding hydrogens is 259 g/mol. The molecule has 0 fully saturated rings. The predicted molar refractivity (Wildman–Crippen MR) is 62.6 cm³/mol. The first kappa shape index (κ1) is 13.3. The molecule has 0 saturated heterocycles. The van der Waals surface area contributed by atoms with Crippen LogP contribution < -0.4 is 5.73 Å². The van der Waals surface area contributed by atoms with E-state index in [2.05, 4.69) is 15.1 Å². The Morgan fingerprint density at radius 1 is 1.32 bits per heavy atom. The first-order valence-corrected chi connectivity index (χ1v) is 5.67. The number of nitrogens with zero attached hydrogens (tertiary/aromatic N) is 4. The fourth-order valence-electron chi connectivity index (χ4n) is 1.56. The van der Waals surface area contributed by atoms with Crippen molar-refractivity contribution in [3.05, 3.63) is 29.8 Å². The Morgan fingerprint density at radius 2 is 2.05 bits per heavy atom. The summed E-state index contributed by atoms with van der Waals surface area (Å²) in [5.74, 6) is 0.922. The Kier molecular flexibility index (Phi) is 3.41. The number of alkyl halides is 3. The van der Waals surface area contributed by atoms with Crippen LogP contribution in [0.3, 0.4) is 0 Å². The summed E-state index contributed by atoms with van der Waals surface area (Å²) in [6, 6.07) is 2.27. The second-order valence-corrected chi connectivity index (χ2v) is 3.96. The molecule has 0 amide bonds. The summed E-state index contributed by atoms with van der Waals surface area (Å²) in [4.78, 5) is 8.14. The fourth-order valence-corrected chi connectivity index (χ4v) is 1.56. The second-order valence-electron chi connectivity index (χ2n) is 3.96. The Balaban J connectivity index is 2.38. The largest absolute Gasteiger partial charge is 0.435 e. The Bertz CT molecular complexity index is 576. The first-order chi connectivity index (χ1) is 8.90. The third kappa shape index (κ3) is 3.01. The zero-order valence-electron chi connectivity index (χ0n) is 10.1. The van der Waals surface area contributed by atoms with Crippen molar-refractivity contribution in [1.29, 1.82) is 0 Å². The number of nitrogens with two attached hydrogens (primary N) is 1. The van der Waals surface area contributed by atoms with Gasteiger partial charge in [0, 0.05) is 18.7 Å². The van der Waals surface area contributed by atoms with Gasteiger partial charge in [-0.3, -0.25) is 0 Å². The lowest BCUT2D eigenvalue weighted by Gasteiger charge is -2.05. The summed E-state index contributed by atoms with van der Waals surface area (Å²) in [7, 11) is 0. The molecule has 5 nitrogen and oxygen atoms in total. The molecule has 0 aromatic carbocycles.